The number of aromatic hydroxyl groups is 1. The van der Waals surface area contributed by atoms with Gasteiger partial charge in [-0.2, -0.15) is 11.8 Å². The molecule has 0 spiro atoms. The summed E-state index contributed by atoms with van der Waals surface area (Å²) >= 11 is 1.97. The molecule has 1 saturated carbocycles. The van der Waals surface area contributed by atoms with Crippen LogP contribution >= 0.6 is 11.8 Å². The molecule has 1 aliphatic rings. The highest BCUT2D eigenvalue weighted by molar-refractivity contribution is 7.99. The van der Waals surface area contributed by atoms with E-state index in [2.05, 4.69) is 11.6 Å². The first kappa shape index (κ1) is 12.8. The molecule has 1 aromatic carbocycles. The number of nitrogens with one attached hydrogen (secondary N) is 1. The lowest BCUT2D eigenvalue weighted by atomic mass is 10.1. The number of rotatable bonds is 4. The second-order valence-corrected chi connectivity index (χ2v) is 5.97. The number of hydrogen-bond acceptors (Lipinski definition) is 3. The number of benzene rings is 1. The zero-order valence-corrected chi connectivity index (χ0v) is 11.4. The molecule has 2 atom stereocenters. The first-order chi connectivity index (χ1) is 8.20. The molecule has 0 radical (unpaired) electrons. The second-order valence-electron chi connectivity index (χ2n) is 4.83. The summed E-state index contributed by atoms with van der Waals surface area (Å²) in [4.78, 5) is 0. The van der Waals surface area contributed by atoms with Gasteiger partial charge >= 0.3 is 0 Å². The maximum absolute atomic E-state index is 9.93. The van der Waals surface area contributed by atoms with Crippen LogP contribution in [0.15, 0.2) is 18.2 Å². The summed E-state index contributed by atoms with van der Waals surface area (Å²) in [5.41, 5.74) is 1.97. The van der Waals surface area contributed by atoms with Gasteiger partial charge in [-0.1, -0.05) is 18.2 Å². The minimum atomic E-state index is 0.444. The molecule has 1 aliphatic carbocycles. The van der Waals surface area contributed by atoms with E-state index in [4.69, 9.17) is 0 Å². The molecule has 2 rings (SSSR count). The Balaban J connectivity index is 1.88. The van der Waals surface area contributed by atoms with E-state index in [0.29, 0.717) is 11.8 Å². The van der Waals surface area contributed by atoms with Crippen molar-refractivity contribution in [2.24, 2.45) is 0 Å². The summed E-state index contributed by atoms with van der Waals surface area (Å²) in [5, 5.41) is 14.3. The Kier molecular flexibility index (Phi) is 4.35. The van der Waals surface area contributed by atoms with E-state index in [1.807, 2.05) is 36.9 Å². The summed E-state index contributed by atoms with van der Waals surface area (Å²) < 4.78 is 0. The number of phenols is 1. The summed E-state index contributed by atoms with van der Waals surface area (Å²) in [5.74, 6) is 0.444. The molecule has 0 amide bonds. The third kappa shape index (κ3) is 3.17. The molecule has 1 fully saturated rings. The molecule has 3 heteroatoms. The van der Waals surface area contributed by atoms with E-state index in [0.717, 1.165) is 22.9 Å². The van der Waals surface area contributed by atoms with E-state index in [1.54, 1.807) is 0 Å². The predicted octanol–water partition coefficient (Wildman–Crippen LogP) is 3.07. The van der Waals surface area contributed by atoms with Crippen molar-refractivity contribution in [3.8, 4) is 5.75 Å². The van der Waals surface area contributed by atoms with Gasteiger partial charge in [-0.3, -0.25) is 0 Å². The average molecular weight is 251 g/mol. The van der Waals surface area contributed by atoms with Crippen LogP contribution in [0.25, 0.3) is 0 Å². The Hall–Kier alpha value is -0.670. The van der Waals surface area contributed by atoms with Crippen LogP contribution in [0.4, 0.5) is 0 Å². The smallest absolute Gasteiger partial charge is 0.122 e. The molecule has 0 aromatic heterocycles. The fourth-order valence-electron chi connectivity index (χ4n) is 2.46. The van der Waals surface area contributed by atoms with Crippen LogP contribution in [0.5, 0.6) is 5.75 Å². The number of phenolic OH excluding ortho intramolecular Hbond substituents is 1. The Labute approximate surface area is 108 Å². The van der Waals surface area contributed by atoms with Crippen molar-refractivity contribution in [2.75, 3.05) is 6.26 Å². The number of aryl methyl sites for hydroxylation is 1. The number of hydrogen-bond donors (Lipinski definition) is 2. The van der Waals surface area contributed by atoms with Crippen LogP contribution in [0.2, 0.25) is 0 Å². The van der Waals surface area contributed by atoms with Crippen molar-refractivity contribution in [1.29, 1.82) is 0 Å². The maximum Gasteiger partial charge on any atom is 0.122 e. The molecule has 2 N–H and O–H groups in total. The molecule has 0 heterocycles. The minimum Gasteiger partial charge on any atom is -0.507 e. The SMILES string of the molecule is CSC1CCC(NCc2cccc(C)c2O)C1. The van der Waals surface area contributed by atoms with Gasteiger partial charge in [0, 0.05) is 23.4 Å². The first-order valence-electron chi connectivity index (χ1n) is 6.24. The fraction of sp³-hybridized carbons (Fsp3) is 0.571. The van der Waals surface area contributed by atoms with Crippen molar-refractivity contribution < 1.29 is 5.11 Å². The predicted molar refractivity (Wildman–Crippen MR) is 74.6 cm³/mol. The van der Waals surface area contributed by atoms with Gasteiger partial charge in [-0.15, -0.1) is 0 Å². The Morgan fingerprint density at radius 3 is 2.94 bits per heavy atom. The van der Waals surface area contributed by atoms with E-state index in [9.17, 15) is 5.11 Å². The number of para-hydroxylation sites is 1. The molecule has 0 aliphatic heterocycles. The summed E-state index contributed by atoms with van der Waals surface area (Å²) in [6.07, 6.45) is 6.03. The van der Waals surface area contributed by atoms with Crippen LogP contribution in [0.1, 0.15) is 30.4 Å². The standard InChI is InChI=1S/C14H21NOS/c1-10-4-3-5-11(14(10)16)9-15-12-6-7-13(8-12)17-2/h3-5,12-13,15-16H,6-9H2,1-2H3. The van der Waals surface area contributed by atoms with Gasteiger partial charge in [0.1, 0.15) is 5.75 Å². The minimum absolute atomic E-state index is 0.444. The highest BCUT2D eigenvalue weighted by Crippen LogP contribution is 2.29. The molecule has 2 unspecified atom stereocenters. The normalized spacial score (nSPS) is 24.1. The molecule has 17 heavy (non-hydrogen) atoms. The zero-order chi connectivity index (χ0) is 12.3. The van der Waals surface area contributed by atoms with Gasteiger partial charge < -0.3 is 10.4 Å². The molecule has 2 nitrogen and oxygen atoms in total. The average Bonchev–Trinajstić information content (AvgIpc) is 2.79. The zero-order valence-electron chi connectivity index (χ0n) is 10.6. The van der Waals surface area contributed by atoms with Crippen LogP contribution in [-0.4, -0.2) is 22.7 Å². The third-order valence-electron chi connectivity index (χ3n) is 3.62. The molecular formula is C14H21NOS. The lowest BCUT2D eigenvalue weighted by Crippen LogP contribution is -2.26. The van der Waals surface area contributed by atoms with E-state index in [1.165, 1.54) is 19.3 Å². The maximum atomic E-state index is 9.93. The van der Waals surface area contributed by atoms with E-state index >= 15 is 0 Å². The van der Waals surface area contributed by atoms with Gasteiger partial charge in [0.25, 0.3) is 0 Å². The largest absolute Gasteiger partial charge is 0.507 e. The highest BCUT2D eigenvalue weighted by atomic mass is 32.2. The Morgan fingerprint density at radius 2 is 2.24 bits per heavy atom. The van der Waals surface area contributed by atoms with Gasteiger partial charge in [0.15, 0.2) is 0 Å². The first-order valence-corrected chi connectivity index (χ1v) is 7.53. The summed E-state index contributed by atoms with van der Waals surface area (Å²) in [6.45, 7) is 2.72. The van der Waals surface area contributed by atoms with Crippen molar-refractivity contribution >= 4 is 11.8 Å². The lowest BCUT2D eigenvalue weighted by Gasteiger charge is -2.14. The van der Waals surface area contributed by atoms with E-state index < -0.39 is 0 Å². The van der Waals surface area contributed by atoms with Gasteiger partial charge in [0.05, 0.1) is 0 Å². The molecule has 1 aromatic rings. The van der Waals surface area contributed by atoms with Gasteiger partial charge in [-0.25, -0.2) is 0 Å². The van der Waals surface area contributed by atoms with Gasteiger partial charge in [0.2, 0.25) is 0 Å². The highest BCUT2D eigenvalue weighted by Gasteiger charge is 2.23. The fourth-order valence-corrected chi connectivity index (χ4v) is 3.25. The monoisotopic (exact) mass is 251 g/mol. The third-order valence-corrected chi connectivity index (χ3v) is 4.72. The Morgan fingerprint density at radius 1 is 1.41 bits per heavy atom. The second kappa shape index (κ2) is 5.78. The van der Waals surface area contributed by atoms with Crippen molar-refractivity contribution in [2.45, 2.75) is 44.0 Å². The molecule has 0 bridgehead atoms. The quantitative estimate of drug-likeness (QED) is 0.862. The van der Waals surface area contributed by atoms with Crippen molar-refractivity contribution in [3.63, 3.8) is 0 Å². The van der Waals surface area contributed by atoms with Gasteiger partial charge in [-0.05, 0) is 38.0 Å². The van der Waals surface area contributed by atoms with Crippen molar-refractivity contribution in [1.82, 2.24) is 5.32 Å². The van der Waals surface area contributed by atoms with Crippen LogP contribution < -0.4 is 5.32 Å². The molecular weight excluding hydrogens is 230 g/mol. The summed E-state index contributed by atoms with van der Waals surface area (Å²) in [6, 6.07) is 6.56. The van der Waals surface area contributed by atoms with Crippen LogP contribution in [-0.2, 0) is 6.54 Å². The topological polar surface area (TPSA) is 32.3 Å². The van der Waals surface area contributed by atoms with Crippen LogP contribution in [0.3, 0.4) is 0 Å². The molecule has 0 saturated heterocycles. The number of thioether (sulfide) groups is 1. The molecule has 94 valence electrons. The summed E-state index contributed by atoms with van der Waals surface area (Å²) in [7, 11) is 0. The van der Waals surface area contributed by atoms with Crippen molar-refractivity contribution in [3.05, 3.63) is 29.3 Å². The lowest BCUT2D eigenvalue weighted by molar-refractivity contribution is 0.452. The van der Waals surface area contributed by atoms with Crippen LogP contribution in [0, 0.1) is 6.92 Å². The van der Waals surface area contributed by atoms with E-state index in [-0.39, 0.29) is 0 Å². The Bertz CT molecular complexity index is 380.